The van der Waals surface area contributed by atoms with Crippen LogP contribution < -0.4 is 10.5 Å². The summed E-state index contributed by atoms with van der Waals surface area (Å²) in [5, 5.41) is 1.70. The van der Waals surface area contributed by atoms with Crippen LogP contribution in [0.25, 0.3) is 10.2 Å². The lowest BCUT2D eigenvalue weighted by molar-refractivity contribution is 0.415. The summed E-state index contributed by atoms with van der Waals surface area (Å²) in [7, 11) is 1.61. The van der Waals surface area contributed by atoms with Gasteiger partial charge >= 0.3 is 0 Å². The molecular formula is C11H13ClN2OS. The van der Waals surface area contributed by atoms with E-state index in [2.05, 4.69) is 4.98 Å². The minimum atomic E-state index is 0.602. The lowest BCUT2D eigenvalue weighted by Gasteiger charge is -2.00. The van der Waals surface area contributed by atoms with Gasteiger partial charge in [-0.1, -0.05) is 11.6 Å². The molecule has 1 aromatic carbocycles. The van der Waals surface area contributed by atoms with Gasteiger partial charge in [-0.2, -0.15) is 0 Å². The fraction of sp³-hybridized carbons (Fsp3) is 0.364. The number of ether oxygens (including phenoxy) is 1. The Bertz CT molecular complexity index is 498. The van der Waals surface area contributed by atoms with E-state index in [-0.39, 0.29) is 0 Å². The van der Waals surface area contributed by atoms with Crippen molar-refractivity contribution in [2.45, 2.75) is 12.8 Å². The van der Waals surface area contributed by atoms with Gasteiger partial charge in [0.05, 0.1) is 27.4 Å². The van der Waals surface area contributed by atoms with E-state index in [1.807, 2.05) is 12.1 Å². The molecule has 0 saturated heterocycles. The number of benzene rings is 1. The van der Waals surface area contributed by atoms with Gasteiger partial charge in [0.2, 0.25) is 0 Å². The summed E-state index contributed by atoms with van der Waals surface area (Å²) in [6.45, 7) is 0.694. The van der Waals surface area contributed by atoms with Crippen molar-refractivity contribution in [2.24, 2.45) is 5.73 Å². The molecule has 0 radical (unpaired) electrons. The topological polar surface area (TPSA) is 48.1 Å². The molecule has 2 N–H and O–H groups in total. The molecule has 2 rings (SSSR count). The van der Waals surface area contributed by atoms with E-state index in [0.717, 1.165) is 28.1 Å². The predicted octanol–water partition coefficient (Wildman–Crippen LogP) is 2.85. The minimum absolute atomic E-state index is 0.602. The van der Waals surface area contributed by atoms with Gasteiger partial charge in [-0.25, -0.2) is 4.98 Å². The van der Waals surface area contributed by atoms with Crippen molar-refractivity contribution in [2.75, 3.05) is 13.7 Å². The van der Waals surface area contributed by atoms with Crippen molar-refractivity contribution < 1.29 is 4.74 Å². The molecule has 0 aliphatic carbocycles. The maximum atomic E-state index is 6.04. The monoisotopic (exact) mass is 256 g/mol. The maximum Gasteiger partial charge on any atom is 0.139 e. The van der Waals surface area contributed by atoms with Crippen molar-refractivity contribution in [3.63, 3.8) is 0 Å². The highest BCUT2D eigenvalue weighted by molar-refractivity contribution is 7.18. The smallest absolute Gasteiger partial charge is 0.139 e. The van der Waals surface area contributed by atoms with Crippen LogP contribution in [0, 0.1) is 0 Å². The lowest BCUT2D eigenvalue weighted by Crippen LogP contribution is -1.99. The van der Waals surface area contributed by atoms with Gasteiger partial charge in [0.15, 0.2) is 0 Å². The number of hydrogen-bond donors (Lipinski definition) is 1. The average molecular weight is 257 g/mol. The van der Waals surface area contributed by atoms with Gasteiger partial charge in [-0.15, -0.1) is 11.3 Å². The SMILES string of the molecule is COc1cc2sc(CCCN)nc2cc1Cl. The number of nitrogens with two attached hydrogens (primary N) is 1. The molecule has 0 unspecified atom stereocenters. The number of hydrogen-bond acceptors (Lipinski definition) is 4. The largest absolute Gasteiger partial charge is 0.495 e. The van der Waals surface area contributed by atoms with Crippen LogP contribution in [0.3, 0.4) is 0 Å². The Kier molecular flexibility index (Phi) is 3.63. The maximum absolute atomic E-state index is 6.04. The molecule has 3 nitrogen and oxygen atoms in total. The van der Waals surface area contributed by atoms with Crippen LogP contribution in [-0.2, 0) is 6.42 Å². The first-order valence-corrected chi connectivity index (χ1v) is 6.27. The zero-order valence-corrected chi connectivity index (χ0v) is 10.6. The molecule has 0 saturated carbocycles. The highest BCUT2D eigenvalue weighted by Gasteiger charge is 2.08. The number of aryl methyl sites for hydroxylation is 1. The van der Waals surface area contributed by atoms with Crippen molar-refractivity contribution >= 4 is 33.2 Å². The van der Waals surface area contributed by atoms with Crippen molar-refractivity contribution in [1.29, 1.82) is 0 Å². The number of aromatic nitrogens is 1. The van der Waals surface area contributed by atoms with E-state index in [9.17, 15) is 0 Å². The molecule has 16 heavy (non-hydrogen) atoms. The molecule has 0 amide bonds. The molecule has 1 aromatic heterocycles. The van der Waals surface area contributed by atoms with E-state index < -0.39 is 0 Å². The Hall–Kier alpha value is -0.840. The number of rotatable bonds is 4. The summed E-state index contributed by atoms with van der Waals surface area (Å²) < 4.78 is 6.28. The molecule has 0 spiro atoms. The van der Waals surface area contributed by atoms with Gasteiger partial charge in [-0.05, 0) is 19.0 Å². The van der Waals surface area contributed by atoms with Crippen LogP contribution in [0.15, 0.2) is 12.1 Å². The highest BCUT2D eigenvalue weighted by atomic mass is 35.5. The van der Waals surface area contributed by atoms with Gasteiger partial charge in [0.1, 0.15) is 5.75 Å². The van der Waals surface area contributed by atoms with E-state index in [1.165, 1.54) is 0 Å². The summed E-state index contributed by atoms with van der Waals surface area (Å²) >= 11 is 7.71. The summed E-state index contributed by atoms with van der Waals surface area (Å²) in [6, 6.07) is 3.78. The first kappa shape index (κ1) is 11.6. The third-order valence-electron chi connectivity index (χ3n) is 2.30. The van der Waals surface area contributed by atoms with Crippen molar-refractivity contribution in [1.82, 2.24) is 4.98 Å². The molecule has 0 atom stereocenters. The molecule has 0 fully saturated rings. The zero-order chi connectivity index (χ0) is 11.5. The molecule has 86 valence electrons. The number of nitrogens with zero attached hydrogens (tertiary/aromatic N) is 1. The molecule has 0 bridgehead atoms. The third kappa shape index (κ3) is 2.29. The van der Waals surface area contributed by atoms with Crippen LogP contribution in [0.5, 0.6) is 5.75 Å². The number of thiazole rings is 1. The molecule has 0 aliphatic heterocycles. The Morgan fingerprint density at radius 1 is 1.50 bits per heavy atom. The molecular weight excluding hydrogens is 244 g/mol. The minimum Gasteiger partial charge on any atom is -0.495 e. The Balaban J connectivity index is 2.37. The fourth-order valence-corrected chi connectivity index (χ4v) is 2.75. The normalized spacial score (nSPS) is 10.9. The fourth-order valence-electron chi connectivity index (χ4n) is 1.49. The summed E-state index contributed by atoms with van der Waals surface area (Å²) in [5.74, 6) is 0.697. The number of methoxy groups -OCH3 is 1. The summed E-state index contributed by atoms with van der Waals surface area (Å²) in [5.41, 5.74) is 6.41. The van der Waals surface area contributed by atoms with E-state index in [4.69, 9.17) is 22.1 Å². The van der Waals surface area contributed by atoms with Crippen molar-refractivity contribution in [3.8, 4) is 5.75 Å². The Morgan fingerprint density at radius 2 is 2.31 bits per heavy atom. The third-order valence-corrected chi connectivity index (χ3v) is 3.67. The van der Waals surface area contributed by atoms with Crippen LogP contribution >= 0.6 is 22.9 Å². The van der Waals surface area contributed by atoms with E-state index in [1.54, 1.807) is 18.4 Å². The first-order chi connectivity index (χ1) is 7.74. The molecule has 1 heterocycles. The van der Waals surface area contributed by atoms with Crippen LogP contribution in [-0.4, -0.2) is 18.6 Å². The second-order valence-electron chi connectivity index (χ2n) is 3.45. The second kappa shape index (κ2) is 4.99. The van der Waals surface area contributed by atoms with E-state index in [0.29, 0.717) is 17.3 Å². The number of fused-ring (bicyclic) bond motifs is 1. The Morgan fingerprint density at radius 3 is 3.00 bits per heavy atom. The number of halogens is 1. The second-order valence-corrected chi connectivity index (χ2v) is 4.98. The predicted molar refractivity (Wildman–Crippen MR) is 68.6 cm³/mol. The van der Waals surface area contributed by atoms with Crippen molar-refractivity contribution in [3.05, 3.63) is 22.2 Å². The van der Waals surface area contributed by atoms with Gasteiger partial charge in [-0.3, -0.25) is 0 Å². The standard InChI is InChI=1S/C11H13ClN2OS/c1-15-9-6-10-8(5-7(9)12)14-11(16-10)3-2-4-13/h5-6H,2-4,13H2,1H3. The summed E-state index contributed by atoms with van der Waals surface area (Å²) in [6.07, 6.45) is 1.89. The highest BCUT2D eigenvalue weighted by Crippen LogP contribution is 2.32. The van der Waals surface area contributed by atoms with Gasteiger partial charge in [0.25, 0.3) is 0 Å². The van der Waals surface area contributed by atoms with E-state index >= 15 is 0 Å². The van der Waals surface area contributed by atoms with Crippen LogP contribution in [0.1, 0.15) is 11.4 Å². The van der Waals surface area contributed by atoms with Crippen LogP contribution in [0.2, 0.25) is 5.02 Å². The summed E-state index contributed by atoms with van der Waals surface area (Å²) in [4.78, 5) is 4.51. The quantitative estimate of drug-likeness (QED) is 0.915. The van der Waals surface area contributed by atoms with Gasteiger partial charge in [0, 0.05) is 12.5 Å². The van der Waals surface area contributed by atoms with Crippen LogP contribution in [0.4, 0.5) is 0 Å². The molecule has 2 aromatic rings. The first-order valence-electron chi connectivity index (χ1n) is 5.07. The lowest BCUT2D eigenvalue weighted by atomic mass is 10.3. The Labute approximate surface area is 103 Å². The molecule has 5 heteroatoms. The van der Waals surface area contributed by atoms with Gasteiger partial charge < -0.3 is 10.5 Å². The zero-order valence-electron chi connectivity index (χ0n) is 9.00. The molecule has 0 aliphatic rings. The average Bonchev–Trinajstić information content (AvgIpc) is 2.66.